The number of aromatic nitrogens is 1. The number of nitro groups is 1. The maximum absolute atomic E-state index is 10.8. The number of hydrogen-bond acceptors (Lipinski definition) is 5. The van der Waals surface area contributed by atoms with Gasteiger partial charge in [0.05, 0.1) is 4.92 Å². The Labute approximate surface area is 118 Å². The Morgan fingerprint density at radius 3 is 2.75 bits per heavy atom. The third-order valence-electron chi connectivity index (χ3n) is 4.09. The summed E-state index contributed by atoms with van der Waals surface area (Å²) < 4.78 is 0. The molecule has 0 radical (unpaired) electrons. The van der Waals surface area contributed by atoms with Crippen LogP contribution < -0.4 is 11.1 Å². The van der Waals surface area contributed by atoms with Crippen LogP contribution in [0.25, 0.3) is 0 Å². The Morgan fingerprint density at radius 1 is 1.50 bits per heavy atom. The van der Waals surface area contributed by atoms with E-state index >= 15 is 0 Å². The number of nitrogens with two attached hydrogens (primary N) is 1. The molecule has 1 saturated carbocycles. The van der Waals surface area contributed by atoms with Crippen molar-refractivity contribution in [2.45, 2.75) is 45.1 Å². The second-order valence-electron chi connectivity index (χ2n) is 5.50. The molecule has 0 amide bonds. The van der Waals surface area contributed by atoms with Crippen LogP contribution in [0, 0.1) is 23.0 Å². The summed E-state index contributed by atoms with van der Waals surface area (Å²) >= 11 is 0. The highest BCUT2D eigenvalue weighted by molar-refractivity contribution is 5.47. The SMILES string of the molecule is Cc1cc(NC(CN)C2CCCCC2)ncc1[N+](=O)[O-]. The molecular formula is C14H22N4O2. The van der Waals surface area contributed by atoms with Gasteiger partial charge in [0.25, 0.3) is 5.69 Å². The lowest BCUT2D eigenvalue weighted by molar-refractivity contribution is -0.385. The fourth-order valence-corrected chi connectivity index (χ4v) is 2.91. The van der Waals surface area contributed by atoms with Gasteiger partial charge in [-0.2, -0.15) is 0 Å². The molecule has 0 aliphatic heterocycles. The van der Waals surface area contributed by atoms with Crippen molar-refractivity contribution < 1.29 is 4.92 Å². The van der Waals surface area contributed by atoms with Crippen LogP contribution in [0.5, 0.6) is 0 Å². The lowest BCUT2D eigenvalue weighted by Crippen LogP contribution is -2.37. The summed E-state index contributed by atoms with van der Waals surface area (Å²) in [6.45, 7) is 2.28. The van der Waals surface area contributed by atoms with Gasteiger partial charge in [-0.1, -0.05) is 19.3 Å². The largest absolute Gasteiger partial charge is 0.366 e. The van der Waals surface area contributed by atoms with E-state index in [1.165, 1.54) is 38.3 Å². The molecule has 20 heavy (non-hydrogen) atoms. The van der Waals surface area contributed by atoms with Crippen molar-refractivity contribution in [1.82, 2.24) is 4.98 Å². The second-order valence-corrected chi connectivity index (χ2v) is 5.50. The highest BCUT2D eigenvalue weighted by atomic mass is 16.6. The Balaban J connectivity index is 2.07. The van der Waals surface area contributed by atoms with Crippen molar-refractivity contribution in [1.29, 1.82) is 0 Å². The van der Waals surface area contributed by atoms with E-state index < -0.39 is 4.92 Å². The zero-order chi connectivity index (χ0) is 14.5. The highest BCUT2D eigenvalue weighted by Gasteiger charge is 2.23. The molecule has 0 aromatic carbocycles. The average molecular weight is 278 g/mol. The summed E-state index contributed by atoms with van der Waals surface area (Å²) in [6.07, 6.45) is 7.53. The minimum Gasteiger partial charge on any atom is -0.366 e. The fraction of sp³-hybridized carbons (Fsp3) is 0.643. The van der Waals surface area contributed by atoms with E-state index in [0.717, 1.165) is 0 Å². The summed E-state index contributed by atoms with van der Waals surface area (Å²) in [4.78, 5) is 14.5. The van der Waals surface area contributed by atoms with Crippen molar-refractivity contribution in [2.24, 2.45) is 11.7 Å². The maximum Gasteiger partial charge on any atom is 0.290 e. The topological polar surface area (TPSA) is 94.1 Å². The van der Waals surface area contributed by atoms with E-state index in [0.29, 0.717) is 23.8 Å². The first-order chi connectivity index (χ1) is 9.61. The van der Waals surface area contributed by atoms with Crippen LogP contribution in [0.2, 0.25) is 0 Å². The molecule has 1 aliphatic carbocycles. The lowest BCUT2D eigenvalue weighted by Gasteiger charge is -2.30. The van der Waals surface area contributed by atoms with Crippen molar-refractivity contribution in [2.75, 3.05) is 11.9 Å². The third kappa shape index (κ3) is 3.45. The number of aryl methyl sites for hydroxylation is 1. The molecule has 1 aromatic rings. The zero-order valence-corrected chi connectivity index (χ0v) is 11.8. The van der Waals surface area contributed by atoms with Crippen molar-refractivity contribution in [3.8, 4) is 0 Å². The van der Waals surface area contributed by atoms with Gasteiger partial charge < -0.3 is 11.1 Å². The van der Waals surface area contributed by atoms with Crippen LogP contribution in [0.3, 0.4) is 0 Å². The molecule has 1 fully saturated rings. The Hall–Kier alpha value is -1.69. The molecule has 2 rings (SSSR count). The van der Waals surface area contributed by atoms with Gasteiger partial charge in [0.2, 0.25) is 0 Å². The van der Waals surface area contributed by atoms with E-state index in [1.807, 2.05) is 0 Å². The smallest absolute Gasteiger partial charge is 0.290 e. The van der Waals surface area contributed by atoms with Crippen LogP contribution in [0.4, 0.5) is 11.5 Å². The van der Waals surface area contributed by atoms with Gasteiger partial charge in [-0.15, -0.1) is 0 Å². The standard InChI is InChI=1S/C14H22N4O2/c1-10-7-14(16-9-13(10)18(19)20)17-12(8-15)11-5-3-2-4-6-11/h7,9,11-12H,2-6,8,15H2,1H3,(H,16,17). The first-order valence-corrected chi connectivity index (χ1v) is 7.19. The molecule has 1 aliphatic rings. The Morgan fingerprint density at radius 2 is 2.20 bits per heavy atom. The Kier molecular flexibility index (Phi) is 4.89. The molecule has 0 spiro atoms. The molecule has 1 unspecified atom stereocenters. The number of hydrogen-bond donors (Lipinski definition) is 2. The summed E-state index contributed by atoms with van der Waals surface area (Å²) in [5.41, 5.74) is 6.54. The zero-order valence-electron chi connectivity index (χ0n) is 11.8. The number of pyridine rings is 1. The molecule has 1 atom stereocenters. The van der Waals surface area contributed by atoms with Crippen molar-refractivity contribution in [3.05, 3.63) is 27.9 Å². The van der Waals surface area contributed by atoms with Crippen LogP contribution in [0.15, 0.2) is 12.3 Å². The van der Waals surface area contributed by atoms with Gasteiger partial charge in [0, 0.05) is 18.2 Å². The van der Waals surface area contributed by atoms with Crippen molar-refractivity contribution in [3.63, 3.8) is 0 Å². The van der Waals surface area contributed by atoms with E-state index in [-0.39, 0.29) is 11.7 Å². The molecule has 6 nitrogen and oxygen atoms in total. The molecule has 0 saturated heterocycles. The van der Waals surface area contributed by atoms with E-state index in [1.54, 1.807) is 13.0 Å². The van der Waals surface area contributed by atoms with Crippen LogP contribution in [0.1, 0.15) is 37.7 Å². The molecule has 110 valence electrons. The molecular weight excluding hydrogens is 256 g/mol. The van der Waals surface area contributed by atoms with Gasteiger partial charge in [-0.05, 0) is 31.7 Å². The van der Waals surface area contributed by atoms with Gasteiger partial charge in [0.1, 0.15) is 12.0 Å². The summed E-state index contributed by atoms with van der Waals surface area (Å²) in [5, 5.41) is 14.1. The molecule has 1 aromatic heterocycles. The maximum atomic E-state index is 10.8. The summed E-state index contributed by atoms with van der Waals surface area (Å²) in [7, 11) is 0. The normalized spacial score (nSPS) is 17.7. The molecule has 6 heteroatoms. The monoisotopic (exact) mass is 278 g/mol. The summed E-state index contributed by atoms with van der Waals surface area (Å²) in [5.74, 6) is 1.25. The van der Waals surface area contributed by atoms with E-state index in [2.05, 4.69) is 10.3 Å². The highest BCUT2D eigenvalue weighted by Crippen LogP contribution is 2.28. The van der Waals surface area contributed by atoms with Gasteiger partial charge in [0.15, 0.2) is 0 Å². The lowest BCUT2D eigenvalue weighted by atomic mass is 9.84. The predicted octanol–water partition coefficient (Wildman–Crippen LogP) is 2.62. The number of nitrogens with zero attached hydrogens (tertiary/aromatic N) is 2. The number of rotatable bonds is 5. The third-order valence-corrected chi connectivity index (χ3v) is 4.09. The average Bonchev–Trinajstić information content (AvgIpc) is 2.45. The minimum atomic E-state index is -0.409. The first kappa shape index (κ1) is 14.7. The number of anilines is 1. The fourth-order valence-electron chi connectivity index (χ4n) is 2.91. The molecule has 1 heterocycles. The van der Waals surface area contributed by atoms with Gasteiger partial charge >= 0.3 is 0 Å². The Bertz CT molecular complexity index is 472. The van der Waals surface area contributed by atoms with Gasteiger partial charge in [-0.25, -0.2) is 4.98 Å². The quantitative estimate of drug-likeness (QED) is 0.637. The predicted molar refractivity (Wildman–Crippen MR) is 78.7 cm³/mol. The van der Waals surface area contributed by atoms with E-state index in [4.69, 9.17) is 5.73 Å². The van der Waals surface area contributed by atoms with Gasteiger partial charge in [-0.3, -0.25) is 10.1 Å². The number of nitrogens with one attached hydrogen (secondary N) is 1. The first-order valence-electron chi connectivity index (χ1n) is 7.19. The van der Waals surface area contributed by atoms with E-state index in [9.17, 15) is 10.1 Å². The minimum absolute atomic E-state index is 0.0533. The molecule has 0 bridgehead atoms. The summed E-state index contributed by atoms with van der Waals surface area (Å²) in [6, 6.07) is 1.92. The van der Waals surface area contributed by atoms with Crippen LogP contribution in [-0.2, 0) is 0 Å². The van der Waals surface area contributed by atoms with Crippen LogP contribution >= 0.6 is 0 Å². The molecule has 3 N–H and O–H groups in total. The van der Waals surface area contributed by atoms with Crippen molar-refractivity contribution >= 4 is 11.5 Å². The second kappa shape index (κ2) is 6.65. The van der Waals surface area contributed by atoms with Crippen LogP contribution in [-0.4, -0.2) is 22.5 Å².